The van der Waals surface area contributed by atoms with Crippen molar-refractivity contribution in [2.75, 3.05) is 17.2 Å². The number of halogens is 4. The monoisotopic (exact) mass is 356 g/mol. The molecular weight excluding hydrogens is 341 g/mol. The highest BCUT2D eigenvalue weighted by atomic mass is 35.5. The van der Waals surface area contributed by atoms with E-state index in [9.17, 15) is 18.0 Å². The van der Waals surface area contributed by atoms with Gasteiger partial charge in [0.15, 0.2) is 0 Å². The summed E-state index contributed by atoms with van der Waals surface area (Å²) in [5.74, 6) is -0.408. The van der Waals surface area contributed by atoms with Gasteiger partial charge in [-0.25, -0.2) is 0 Å². The van der Waals surface area contributed by atoms with Crippen molar-refractivity contribution < 1.29 is 18.0 Å². The highest BCUT2D eigenvalue weighted by Gasteiger charge is 2.32. The molecule has 0 fully saturated rings. The highest BCUT2D eigenvalue weighted by Crippen LogP contribution is 2.33. The van der Waals surface area contributed by atoms with Gasteiger partial charge < -0.3 is 10.6 Å². The largest absolute Gasteiger partial charge is 0.416 e. The molecule has 0 aromatic heterocycles. The van der Waals surface area contributed by atoms with Crippen LogP contribution in [0.4, 0.5) is 24.5 Å². The number of carbonyl (C=O) groups excluding carboxylic acids is 1. The second-order valence-corrected chi connectivity index (χ2v) is 5.82. The molecule has 0 heterocycles. The van der Waals surface area contributed by atoms with E-state index in [1.165, 1.54) is 19.1 Å². The molecule has 0 aliphatic heterocycles. The molecule has 0 bridgehead atoms. The van der Waals surface area contributed by atoms with Crippen LogP contribution in [0.2, 0.25) is 5.02 Å². The van der Waals surface area contributed by atoms with Crippen LogP contribution in [0.3, 0.4) is 0 Å². The van der Waals surface area contributed by atoms with Gasteiger partial charge in [0.25, 0.3) is 0 Å². The first-order valence-electron chi connectivity index (χ1n) is 7.14. The summed E-state index contributed by atoms with van der Waals surface area (Å²) in [4.78, 5) is 11.9. The second kappa shape index (κ2) is 7.13. The van der Waals surface area contributed by atoms with E-state index in [4.69, 9.17) is 11.6 Å². The van der Waals surface area contributed by atoms with Crippen molar-refractivity contribution in [1.82, 2.24) is 0 Å². The average molecular weight is 357 g/mol. The number of alkyl halides is 3. The third-order valence-corrected chi connectivity index (χ3v) is 3.71. The zero-order valence-corrected chi connectivity index (χ0v) is 13.8. The van der Waals surface area contributed by atoms with E-state index in [0.717, 1.165) is 11.6 Å². The van der Waals surface area contributed by atoms with Crippen LogP contribution in [0.5, 0.6) is 0 Å². The highest BCUT2D eigenvalue weighted by molar-refractivity contribution is 6.33. The quantitative estimate of drug-likeness (QED) is 0.807. The minimum atomic E-state index is -4.43. The van der Waals surface area contributed by atoms with Gasteiger partial charge >= 0.3 is 6.18 Å². The number of rotatable bonds is 4. The van der Waals surface area contributed by atoms with E-state index in [-0.39, 0.29) is 17.8 Å². The van der Waals surface area contributed by atoms with Crippen molar-refractivity contribution in [3.05, 3.63) is 58.1 Å². The van der Waals surface area contributed by atoms with Crippen LogP contribution >= 0.6 is 11.6 Å². The summed E-state index contributed by atoms with van der Waals surface area (Å²) in [5.41, 5.74) is 1.03. The third-order valence-electron chi connectivity index (χ3n) is 3.39. The molecule has 0 saturated carbocycles. The van der Waals surface area contributed by atoms with Crippen molar-refractivity contribution in [3.63, 3.8) is 0 Å². The SMILES string of the molecule is Cc1ccc(NC(=O)CNc2ccc(C)c(C(F)(F)F)c2)c(Cl)c1. The lowest BCUT2D eigenvalue weighted by atomic mass is 10.1. The number of benzene rings is 2. The molecule has 7 heteroatoms. The lowest BCUT2D eigenvalue weighted by molar-refractivity contribution is -0.138. The predicted octanol–water partition coefficient (Wildman–Crippen LogP) is 5.03. The first-order valence-corrected chi connectivity index (χ1v) is 7.52. The van der Waals surface area contributed by atoms with Gasteiger partial charge in [-0.15, -0.1) is 0 Å². The Morgan fingerprint density at radius 2 is 1.83 bits per heavy atom. The minimum Gasteiger partial charge on any atom is -0.376 e. The van der Waals surface area contributed by atoms with Crippen molar-refractivity contribution in [2.45, 2.75) is 20.0 Å². The number of nitrogens with one attached hydrogen (secondary N) is 2. The maximum atomic E-state index is 12.9. The van der Waals surface area contributed by atoms with E-state index in [0.29, 0.717) is 10.7 Å². The summed E-state index contributed by atoms with van der Waals surface area (Å²) >= 11 is 6.02. The Hall–Kier alpha value is -2.21. The summed E-state index contributed by atoms with van der Waals surface area (Å²) in [6, 6.07) is 9.02. The van der Waals surface area contributed by atoms with Crippen LogP contribution in [0.1, 0.15) is 16.7 Å². The van der Waals surface area contributed by atoms with Crippen molar-refractivity contribution in [3.8, 4) is 0 Å². The topological polar surface area (TPSA) is 41.1 Å². The summed E-state index contributed by atoms with van der Waals surface area (Å²) in [6.07, 6.45) is -4.43. The molecule has 0 atom stereocenters. The van der Waals surface area contributed by atoms with E-state index < -0.39 is 17.6 Å². The molecule has 0 radical (unpaired) electrons. The number of aryl methyl sites for hydroxylation is 2. The molecule has 3 nitrogen and oxygen atoms in total. The molecule has 0 aliphatic carbocycles. The van der Waals surface area contributed by atoms with Crippen LogP contribution in [0.15, 0.2) is 36.4 Å². The molecule has 24 heavy (non-hydrogen) atoms. The molecule has 0 saturated heterocycles. The zero-order chi connectivity index (χ0) is 17.9. The van der Waals surface area contributed by atoms with Crippen LogP contribution in [-0.4, -0.2) is 12.5 Å². The Morgan fingerprint density at radius 3 is 2.46 bits per heavy atom. The fraction of sp³-hybridized carbons (Fsp3) is 0.235. The summed E-state index contributed by atoms with van der Waals surface area (Å²) in [6.45, 7) is 3.08. The molecular formula is C17H16ClF3N2O. The standard InChI is InChI=1S/C17H16ClF3N2O/c1-10-3-6-15(14(18)7-10)23-16(24)9-22-12-5-4-11(2)13(8-12)17(19,20)21/h3-8,22H,9H2,1-2H3,(H,23,24). The fourth-order valence-corrected chi connectivity index (χ4v) is 2.42. The van der Waals surface area contributed by atoms with Gasteiger partial charge in [0.2, 0.25) is 5.91 Å². The summed E-state index contributed by atoms with van der Waals surface area (Å²) < 4.78 is 38.6. The summed E-state index contributed by atoms with van der Waals surface area (Å²) in [7, 11) is 0. The van der Waals surface area contributed by atoms with Gasteiger partial charge in [-0.1, -0.05) is 23.7 Å². The lowest BCUT2D eigenvalue weighted by Gasteiger charge is -2.13. The number of anilines is 2. The minimum absolute atomic E-state index is 0.129. The Bertz CT molecular complexity index is 760. The fourth-order valence-electron chi connectivity index (χ4n) is 2.14. The van der Waals surface area contributed by atoms with E-state index in [2.05, 4.69) is 10.6 Å². The zero-order valence-electron chi connectivity index (χ0n) is 13.1. The predicted molar refractivity (Wildman–Crippen MR) is 89.5 cm³/mol. The Kier molecular flexibility index (Phi) is 5.39. The molecule has 128 valence electrons. The van der Waals surface area contributed by atoms with Crippen LogP contribution in [0, 0.1) is 13.8 Å². The van der Waals surface area contributed by atoms with Crippen LogP contribution in [0.25, 0.3) is 0 Å². The van der Waals surface area contributed by atoms with Gasteiger partial charge in [-0.05, 0) is 49.2 Å². The van der Waals surface area contributed by atoms with E-state index in [1.807, 2.05) is 6.92 Å². The normalized spacial score (nSPS) is 11.2. The number of amides is 1. The first-order chi connectivity index (χ1) is 11.2. The van der Waals surface area contributed by atoms with Gasteiger partial charge in [-0.3, -0.25) is 4.79 Å². The molecule has 0 spiro atoms. The maximum absolute atomic E-state index is 12.9. The maximum Gasteiger partial charge on any atom is 0.416 e. The van der Waals surface area contributed by atoms with Crippen molar-refractivity contribution in [2.24, 2.45) is 0 Å². The van der Waals surface area contributed by atoms with E-state index in [1.54, 1.807) is 18.2 Å². The molecule has 2 rings (SSSR count). The Morgan fingerprint density at radius 1 is 1.12 bits per heavy atom. The van der Waals surface area contributed by atoms with E-state index >= 15 is 0 Å². The van der Waals surface area contributed by atoms with Crippen molar-refractivity contribution >= 4 is 28.9 Å². The second-order valence-electron chi connectivity index (χ2n) is 5.41. The molecule has 1 amide bonds. The smallest absolute Gasteiger partial charge is 0.376 e. The van der Waals surface area contributed by atoms with Gasteiger partial charge in [0.05, 0.1) is 22.8 Å². The lowest BCUT2D eigenvalue weighted by Crippen LogP contribution is -2.22. The van der Waals surface area contributed by atoms with Gasteiger partial charge in [0.1, 0.15) is 0 Å². The number of carbonyl (C=O) groups is 1. The molecule has 2 aromatic carbocycles. The molecule has 2 N–H and O–H groups in total. The molecule has 0 unspecified atom stereocenters. The summed E-state index contributed by atoms with van der Waals surface area (Å²) in [5, 5.41) is 5.69. The number of hydrogen-bond acceptors (Lipinski definition) is 2. The first kappa shape index (κ1) is 18.1. The Labute approximate surface area is 142 Å². The Balaban J connectivity index is 2.01. The van der Waals surface area contributed by atoms with Gasteiger partial charge in [0, 0.05) is 5.69 Å². The number of hydrogen-bond donors (Lipinski definition) is 2. The molecule has 2 aromatic rings. The third kappa shape index (κ3) is 4.64. The van der Waals surface area contributed by atoms with Crippen LogP contribution in [-0.2, 0) is 11.0 Å². The average Bonchev–Trinajstić information content (AvgIpc) is 2.48. The van der Waals surface area contributed by atoms with Crippen molar-refractivity contribution in [1.29, 1.82) is 0 Å². The van der Waals surface area contributed by atoms with Crippen LogP contribution < -0.4 is 10.6 Å². The van der Waals surface area contributed by atoms with Gasteiger partial charge in [-0.2, -0.15) is 13.2 Å². The molecule has 0 aliphatic rings.